The molecule has 3 atom stereocenters. The fraction of sp³-hybridized carbons (Fsp3) is 0.588. The molecule has 3 aliphatic rings. The van der Waals surface area contributed by atoms with E-state index in [-0.39, 0.29) is 0 Å². The van der Waals surface area contributed by atoms with Crippen molar-refractivity contribution in [2.75, 3.05) is 0 Å². The van der Waals surface area contributed by atoms with Crippen molar-refractivity contribution in [1.82, 2.24) is 0 Å². The lowest BCUT2D eigenvalue weighted by Crippen LogP contribution is -2.51. The van der Waals surface area contributed by atoms with Crippen molar-refractivity contribution in [3.8, 4) is 6.07 Å². The number of fused-ring (bicyclic) bond motifs is 3. The van der Waals surface area contributed by atoms with Gasteiger partial charge in [0.05, 0.1) is 17.1 Å². The van der Waals surface area contributed by atoms with Crippen LogP contribution in [0.4, 0.5) is 0 Å². The Labute approximate surface area is 114 Å². The second kappa shape index (κ2) is 3.61. The highest BCUT2D eigenvalue weighted by Gasteiger charge is 2.63. The van der Waals surface area contributed by atoms with Gasteiger partial charge in [-0.05, 0) is 42.2 Å². The first-order valence-electron chi connectivity index (χ1n) is 7.37. The molecule has 2 saturated carbocycles. The quantitative estimate of drug-likeness (QED) is 0.836. The summed E-state index contributed by atoms with van der Waals surface area (Å²) >= 11 is 0. The molecule has 2 heteroatoms. The maximum Gasteiger partial charge on any atom is 0.0916 e. The van der Waals surface area contributed by atoms with Crippen LogP contribution in [0.15, 0.2) is 24.3 Å². The van der Waals surface area contributed by atoms with E-state index in [1.165, 1.54) is 17.5 Å². The summed E-state index contributed by atoms with van der Waals surface area (Å²) in [5.74, 6) is 1.10. The van der Waals surface area contributed by atoms with Crippen LogP contribution in [-0.4, -0.2) is 10.7 Å². The lowest BCUT2D eigenvalue weighted by atomic mass is 9.62. The third kappa shape index (κ3) is 1.34. The van der Waals surface area contributed by atoms with Crippen LogP contribution in [0.5, 0.6) is 0 Å². The van der Waals surface area contributed by atoms with E-state index >= 15 is 0 Å². The molecule has 2 bridgehead atoms. The molecule has 0 saturated heterocycles. The van der Waals surface area contributed by atoms with Crippen LogP contribution >= 0.6 is 0 Å². The SMILES string of the molecule is N#CC1(C2(O)Cc3ccccc3C2)CC2CCC1C2. The standard InChI is InChI=1S/C17H19NO/c18-11-16(8-12-5-6-15(16)7-12)17(19)9-13-3-1-2-4-14(13)10-17/h1-4,12,15,19H,5-10H2. The normalized spacial score (nSPS) is 38.1. The Morgan fingerprint density at radius 2 is 1.84 bits per heavy atom. The number of nitrogens with zero attached hydrogens (tertiary/aromatic N) is 1. The summed E-state index contributed by atoms with van der Waals surface area (Å²) < 4.78 is 0. The van der Waals surface area contributed by atoms with Crippen molar-refractivity contribution >= 4 is 0 Å². The highest BCUT2D eigenvalue weighted by molar-refractivity contribution is 5.39. The van der Waals surface area contributed by atoms with E-state index in [9.17, 15) is 10.4 Å². The number of rotatable bonds is 1. The van der Waals surface area contributed by atoms with Gasteiger partial charge in [-0.1, -0.05) is 30.7 Å². The van der Waals surface area contributed by atoms with Crippen molar-refractivity contribution in [2.24, 2.45) is 17.3 Å². The monoisotopic (exact) mass is 253 g/mol. The topological polar surface area (TPSA) is 44.0 Å². The molecule has 3 aliphatic carbocycles. The average molecular weight is 253 g/mol. The Morgan fingerprint density at radius 3 is 2.32 bits per heavy atom. The van der Waals surface area contributed by atoms with Gasteiger partial charge in [0.25, 0.3) is 0 Å². The van der Waals surface area contributed by atoms with Crippen molar-refractivity contribution in [1.29, 1.82) is 5.26 Å². The Hall–Kier alpha value is -1.33. The van der Waals surface area contributed by atoms with Gasteiger partial charge in [0.2, 0.25) is 0 Å². The first-order chi connectivity index (χ1) is 9.17. The summed E-state index contributed by atoms with van der Waals surface area (Å²) in [4.78, 5) is 0. The van der Waals surface area contributed by atoms with Crippen molar-refractivity contribution in [3.05, 3.63) is 35.4 Å². The van der Waals surface area contributed by atoms with Gasteiger partial charge >= 0.3 is 0 Å². The molecule has 0 amide bonds. The highest BCUT2D eigenvalue weighted by Crippen LogP contribution is 2.62. The van der Waals surface area contributed by atoms with E-state index in [2.05, 4.69) is 18.2 Å². The largest absolute Gasteiger partial charge is 0.388 e. The second-order valence-electron chi connectivity index (χ2n) is 6.82. The third-order valence-electron chi connectivity index (χ3n) is 5.96. The number of benzene rings is 1. The summed E-state index contributed by atoms with van der Waals surface area (Å²) in [6.07, 6.45) is 5.80. The van der Waals surface area contributed by atoms with Crippen LogP contribution in [-0.2, 0) is 12.8 Å². The zero-order valence-corrected chi connectivity index (χ0v) is 11.1. The number of nitriles is 1. The number of aliphatic hydroxyl groups is 1. The van der Waals surface area contributed by atoms with Gasteiger partial charge < -0.3 is 5.11 Å². The molecule has 1 N–H and O–H groups in total. The minimum Gasteiger partial charge on any atom is -0.388 e. The summed E-state index contributed by atoms with van der Waals surface area (Å²) in [7, 11) is 0. The fourth-order valence-corrected chi connectivity index (χ4v) is 5.05. The van der Waals surface area contributed by atoms with Gasteiger partial charge in [-0.2, -0.15) is 5.26 Å². The van der Waals surface area contributed by atoms with E-state index in [4.69, 9.17) is 0 Å². The van der Waals surface area contributed by atoms with Crippen LogP contribution < -0.4 is 0 Å². The van der Waals surface area contributed by atoms with Crippen molar-refractivity contribution < 1.29 is 5.11 Å². The Morgan fingerprint density at radius 1 is 1.16 bits per heavy atom. The molecule has 0 radical (unpaired) electrons. The lowest BCUT2D eigenvalue weighted by Gasteiger charge is -2.43. The van der Waals surface area contributed by atoms with Crippen LogP contribution in [0.3, 0.4) is 0 Å². The molecule has 19 heavy (non-hydrogen) atoms. The summed E-state index contributed by atoms with van der Waals surface area (Å²) in [5.41, 5.74) is 1.16. The van der Waals surface area contributed by atoms with Gasteiger partial charge in [0.1, 0.15) is 0 Å². The summed E-state index contributed by atoms with van der Waals surface area (Å²) in [6, 6.07) is 10.8. The summed E-state index contributed by atoms with van der Waals surface area (Å²) in [6.45, 7) is 0. The van der Waals surface area contributed by atoms with E-state index in [0.29, 0.717) is 24.7 Å². The highest BCUT2D eigenvalue weighted by atomic mass is 16.3. The van der Waals surface area contributed by atoms with Gasteiger partial charge in [0.15, 0.2) is 0 Å². The molecule has 0 aromatic heterocycles. The minimum absolute atomic E-state index is 0.418. The molecule has 1 aromatic rings. The van der Waals surface area contributed by atoms with Crippen LogP contribution in [0.1, 0.15) is 36.8 Å². The molecule has 98 valence electrons. The van der Waals surface area contributed by atoms with Crippen LogP contribution in [0.25, 0.3) is 0 Å². The Kier molecular flexibility index (Phi) is 2.18. The molecule has 4 rings (SSSR count). The smallest absolute Gasteiger partial charge is 0.0916 e. The second-order valence-corrected chi connectivity index (χ2v) is 6.82. The molecule has 3 unspecified atom stereocenters. The van der Waals surface area contributed by atoms with Gasteiger partial charge in [0, 0.05) is 12.8 Å². The van der Waals surface area contributed by atoms with E-state index in [1.54, 1.807) is 0 Å². The number of hydrogen-bond donors (Lipinski definition) is 1. The van der Waals surface area contributed by atoms with E-state index in [1.807, 2.05) is 12.1 Å². The van der Waals surface area contributed by atoms with Crippen LogP contribution in [0, 0.1) is 28.6 Å². The predicted octanol–water partition coefficient (Wildman–Crippen LogP) is 2.85. The Balaban J connectivity index is 1.75. The van der Waals surface area contributed by atoms with E-state index in [0.717, 1.165) is 19.3 Å². The molecule has 0 aliphatic heterocycles. The molecule has 2 nitrogen and oxygen atoms in total. The molecule has 2 fully saturated rings. The average Bonchev–Trinajstić information content (AvgIpc) is 3.09. The van der Waals surface area contributed by atoms with Gasteiger partial charge in [-0.3, -0.25) is 0 Å². The zero-order chi connectivity index (χ0) is 13.1. The Bertz CT molecular complexity index is 548. The van der Waals surface area contributed by atoms with Gasteiger partial charge in [-0.25, -0.2) is 0 Å². The summed E-state index contributed by atoms with van der Waals surface area (Å²) in [5, 5.41) is 21.1. The predicted molar refractivity (Wildman–Crippen MR) is 72.3 cm³/mol. The molecular formula is C17H19NO. The lowest BCUT2D eigenvalue weighted by molar-refractivity contribution is -0.0738. The first kappa shape index (κ1) is 11.5. The molecular weight excluding hydrogens is 234 g/mol. The molecule has 1 aromatic carbocycles. The fourth-order valence-electron chi connectivity index (χ4n) is 5.05. The van der Waals surface area contributed by atoms with Crippen molar-refractivity contribution in [3.63, 3.8) is 0 Å². The van der Waals surface area contributed by atoms with Crippen LogP contribution in [0.2, 0.25) is 0 Å². The molecule has 0 spiro atoms. The van der Waals surface area contributed by atoms with E-state index < -0.39 is 11.0 Å². The minimum atomic E-state index is -0.828. The zero-order valence-electron chi connectivity index (χ0n) is 11.1. The number of hydrogen-bond acceptors (Lipinski definition) is 2. The third-order valence-corrected chi connectivity index (χ3v) is 5.96. The first-order valence-corrected chi connectivity index (χ1v) is 7.37. The maximum atomic E-state index is 11.3. The maximum absolute atomic E-state index is 11.3. The molecule has 0 heterocycles. The van der Waals surface area contributed by atoms with Gasteiger partial charge in [-0.15, -0.1) is 0 Å². The van der Waals surface area contributed by atoms with Crippen molar-refractivity contribution in [2.45, 2.75) is 44.1 Å².